The minimum absolute atomic E-state index is 0.448. The third-order valence-corrected chi connectivity index (χ3v) is 9.62. The van der Waals surface area contributed by atoms with Crippen molar-refractivity contribution in [3.05, 3.63) is 205 Å². The van der Waals surface area contributed by atoms with Crippen LogP contribution in [0.15, 0.2) is 188 Å². The SMILES string of the molecule is C1=CC2(c3ccccc3O1)c1ccccc1-c1ccc(N(c3ccc(-c4ccccc4)cc3)c3ccc(-c4ccccc4)cc3)cc12. The van der Waals surface area contributed by atoms with Crippen molar-refractivity contribution in [3.8, 4) is 39.1 Å². The lowest BCUT2D eigenvalue weighted by Gasteiger charge is -2.34. The van der Waals surface area contributed by atoms with Gasteiger partial charge >= 0.3 is 0 Å². The zero-order valence-corrected chi connectivity index (χ0v) is 25.8. The van der Waals surface area contributed by atoms with E-state index < -0.39 is 5.41 Å². The summed E-state index contributed by atoms with van der Waals surface area (Å²) in [6, 6.07) is 63.1. The standard InChI is InChI=1S/C45H31NO/c1-3-11-32(12-4-1)34-19-23-36(24-20-34)46(37-25-21-35(22-26-37)33-13-5-2-6-14-33)38-27-28-40-39-15-7-8-16-41(39)45(43(40)31-38)29-30-47-44-18-10-9-17-42(44)45/h1-31H. The molecule has 1 unspecified atom stereocenters. The van der Waals surface area contributed by atoms with Crippen molar-refractivity contribution in [2.75, 3.05) is 4.90 Å². The number of hydrogen-bond donors (Lipinski definition) is 0. The van der Waals surface area contributed by atoms with Gasteiger partial charge in [0.1, 0.15) is 5.75 Å². The first kappa shape index (κ1) is 27.2. The van der Waals surface area contributed by atoms with Crippen molar-refractivity contribution in [3.63, 3.8) is 0 Å². The first-order valence-electron chi connectivity index (χ1n) is 16.1. The average Bonchev–Trinajstić information content (AvgIpc) is 3.42. The fraction of sp³-hybridized carbons (Fsp3) is 0.0222. The third kappa shape index (κ3) is 4.41. The number of rotatable bonds is 5. The summed E-state index contributed by atoms with van der Waals surface area (Å²) in [5.74, 6) is 0.896. The van der Waals surface area contributed by atoms with Crippen LogP contribution in [-0.4, -0.2) is 0 Å². The second-order valence-electron chi connectivity index (χ2n) is 12.2. The molecule has 0 amide bonds. The Morgan fingerprint density at radius 1 is 0.383 bits per heavy atom. The van der Waals surface area contributed by atoms with Gasteiger partial charge in [-0.3, -0.25) is 0 Å². The first-order chi connectivity index (χ1) is 23.3. The Labute approximate surface area is 275 Å². The fourth-order valence-corrected chi connectivity index (χ4v) is 7.42. The van der Waals surface area contributed by atoms with Crippen molar-refractivity contribution in [2.45, 2.75) is 5.41 Å². The van der Waals surface area contributed by atoms with E-state index in [4.69, 9.17) is 4.74 Å². The van der Waals surface area contributed by atoms with Crippen LogP contribution in [0.3, 0.4) is 0 Å². The number of para-hydroxylation sites is 1. The molecule has 2 nitrogen and oxygen atoms in total. The largest absolute Gasteiger partial charge is 0.465 e. The van der Waals surface area contributed by atoms with Gasteiger partial charge in [-0.15, -0.1) is 0 Å². The van der Waals surface area contributed by atoms with Crippen LogP contribution in [0.25, 0.3) is 33.4 Å². The Morgan fingerprint density at radius 3 is 1.51 bits per heavy atom. The van der Waals surface area contributed by atoms with Crippen LogP contribution in [0, 0.1) is 0 Å². The molecule has 0 bridgehead atoms. The molecular formula is C45H31NO. The van der Waals surface area contributed by atoms with Crippen molar-refractivity contribution in [1.82, 2.24) is 0 Å². The lowest BCUT2D eigenvalue weighted by Crippen LogP contribution is -2.27. The van der Waals surface area contributed by atoms with Gasteiger partial charge in [0.2, 0.25) is 0 Å². The smallest absolute Gasteiger partial charge is 0.131 e. The molecule has 1 spiro atoms. The highest BCUT2D eigenvalue weighted by Gasteiger charge is 2.46. The maximum absolute atomic E-state index is 6.06. The molecule has 47 heavy (non-hydrogen) atoms. The van der Waals surface area contributed by atoms with Crippen LogP contribution in [0.5, 0.6) is 5.75 Å². The van der Waals surface area contributed by atoms with Gasteiger partial charge in [-0.2, -0.15) is 0 Å². The van der Waals surface area contributed by atoms with Crippen LogP contribution in [0.2, 0.25) is 0 Å². The van der Waals surface area contributed by atoms with Crippen LogP contribution in [0.1, 0.15) is 16.7 Å². The van der Waals surface area contributed by atoms with Crippen molar-refractivity contribution in [1.29, 1.82) is 0 Å². The number of allylic oxidation sites excluding steroid dienone is 1. The molecule has 0 N–H and O–H groups in total. The topological polar surface area (TPSA) is 12.5 Å². The minimum atomic E-state index is -0.448. The number of nitrogens with zero attached hydrogens (tertiary/aromatic N) is 1. The van der Waals surface area contributed by atoms with Gasteiger partial charge < -0.3 is 9.64 Å². The zero-order chi connectivity index (χ0) is 31.2. The zero-order valence-electron chi connectivity index (χ0n) is 25.8. The van der Waals surface area contributed by atoms with Crippen LogP contribution in [-0.2, 0) is 5.41 Å². The van der Waals surface area contributed by atoms with E-state index in [1.54, 1.807) is 0 Å². The molecule has 0 saturated heterocycles. The van der Waals surface area contributed by atoms with E-state index in [9.17, 15) is 0 Å². The molecule has 9 rings (SSSR count). The van der Waals surface area contributed by atoms with Gasteiger partial charge in [-0.1, -0.05) is 133 Å². The van der Waals surface area contributed by atoms with Gasteiger partial charge in [0.05, 0.1) is 11.7 Å². The normalized spacial score (nSPS) is 15.4. The molecule has 2 heteroatoms. The molecule has 7 aromatic rings. The van der Waals surface area contributed by atoms with E-state index in [0.717, 1.165) is 28.4 Å². The molecule has 0 aromatic heterocycles. The molecule has 7 aromatic carbocycles. The van der Waals surface area contributed by atoms with E-state index in [1.807, 2.05) is 12.3 Å². The predicted octanol–water partition coefficient (Wildman–Crippen LogP) is 11.7. The Kier molecular flexibility index (Phi) is 6.39. The molecular weight excluding hydrogens is 571 g/mol. The van der Waals surface area contributed by atoms with Crippen LogP contribution >= 0.6 is 0 Å². The Morgan fingerprint density at radius 2 is 0.872 bits per heavy atom. The van der Waals surface area contributed by atoms with E-state index in [-0.39, 0.29) is 0 Å². The van der Waals surface area contributed by atoms with E-state index in [0.29, 0.717) is 0 Å². The summed E-state index contributed by atoms with van der Waals surface area (Å²) in [5.41, 5.74) is 13.9. The minimum Gasteiger partial charge on any atom is -0.465 e. The van der Waals surface area contributed by atoms with Crippen LogP contribution in [0.4, 0.5) is 17.1 Å². The number of fused-ring (bicyclic) bond motifs is 7. The summed E-state index contributed by atoms with van der Waals surface area (Å²) in [6.45, 7) is 0. The van der Waals surface area contributed by atoms with Gasteiger partial charge in [0.15, 0.2) is 0 Å². The lowest BCUT2D eigenvalue weighted by molar-refractivity contribution is 0.446. The van der Waals surface area contributed by atoms with Gasteiger partial charge in [-0.25, -0.2) is 0 Å². The van der Waals surface area contributed by atoms with E-state index in [2.05, 4.69) is 181 Å². The maximum atomic E-state index is 6.06. The van der Waals surface area contributed by atoms with Gasteiger partial charge in [0, 0.05) is 22.6 Å². The Balaban J connectivity index is 1.22. The van der Waals surface area contributed by atoms with Crippen molar-refractivity contribution >= 4 is 17.1 Å². The second kappa shape index (κ2) is 11.0. The van der Waals surface area contributed by atoms with Crippen LogP contribution < -0.4 is 9.64 Å². The van der Waals surface area contributed by atoms with E-state index >= 15 is 0 Å². The summed E-state index contributed by atoms with van der Waals surface area (Å²) in [4.78, 5) is 2.37. The molecule has 1 aliphatic heterocycles. The number of anilines is 3. The number of ether oxygens (including phenoxy) is 1. The van der Waals surface area contributed by atoms with Crippen molar-refractivity contribution in [2.24, 2.45) is 0 Å². The summed E-state index contributed by atoms with van der Waals surface area (Å²) >= 11 is 0. The summed E-state index contributed by atoms with van der Waals surface area (Å²) in [5, 5.41) is 0. The fourth-order valence-electron chi connectivity index (χ4n) is 7.42. The van der Waals surface area contributed by atoms with Gasteiger partial charge in [0.25, 0.3) is 0 Å². The lowest BCUT2D eigenvalue weighted by atomic mass is 9.71. The molecule has 2 aliphatic rings. The average molecular weight is 602 g/mol. The highest BCUT2D eigenvalue weighted by Crippen LogP contribution is 2.57. The molecule has 1 aliphatic carbocycles. The number of benzene rings is 7. The van der Waals surface area contributed by atoms with E-state index in [1.165, 1.54) is 44.5 Å². The number of hydrogen-bond acceptors (Lipinski definition) is 2. The molecule has 0 radical (unpaired) electrons. The highest BCUT2D eigenvalue weighted by molar-refractivity contribution is 5.89. The summed E-state index contributed by atoms with van der Waals surface area (Å²) in [7, 11) is 0. The molecule has 1 heterocycles. The Bertz CT molecular complexity index is 2170. The first-order valence-corrected chi connectivity index (χ1v) is 16.1. The van der Waals surface area contributed by atoms with Gasteiger partial charge in [-0.05, 0) is 93.0 Å². The molecule has 1 atom stereocenters. The monoisotopic (exact) mass is 601 g/mol. The third-order valence-electron chi connectivity index (χ3n) is 9.62. The maximum Gasteiger partial charge on any atom is 0.131 e. The summed E-state index contributed by atoms with van der Waals surface area (Å²) < 4.78 is 6.06. The predicted molar refractivity (Wildman–Crippen MR) is 194 cm³/mol. The quantitative estimate of drug-likeness (QED) is 0.195. The molecule has 0 saturated carbocycles. The highest BCUT2D eigenvalue weighted by atomic mass is 16.5. The second-order valence-corrected chi connectivity index (χ2v) is 12.2. The molecule has 0 fully saturated rings. The molecule has 222 valence electrons. The Hall–Kier alpha value is -6.12. The van der Waals surface area contributed by atoms with Crippen molar-refractivity contribution < 1.29 is 4.74 Å². The summed E-state index contributed by atoms with van der Waals surface area (Å²) in [6.07, 6.45) is 4.10.